The van der Waals surface area contributed by atoms with E-state index in [2.05, 4.69) is 12.2 Å². The minimum absolute atomic E-state index is 0.855. The van der Waals surface area contributed by atoms with Gasteiger partial charge in [0.25, 0.3) is 0 Å². The summed E-state index contributed by atoms with van der Waals surface area (Å²) in [6.45, 7) is 3.53. The summed E-state index contributed by atoms with van der Waals surface area (Å²) in [7, 11) is 0. The van der Waals surface area contributed by atoms with Crippen molar-refractivity contribution in [1.29, 1.82) is 0 Å². The summed E-state index contributed by atoms with van der Waals surface area (Å²) < 4.78 is 0. The molecule has 0 spiro atoms. The molecule has 0 saturated carbocycles. The molecule has 0 aromatic rings. The zero-order valence-corrected chi connectivity index (χ0v) is 7.03. The molecule has 10 heavy (non-hydrogen) atoms. The van der Waals surface area contributed by atoms with Crippen LogP contribution in [-0.2, 0) is 0 Å². The molecule has 1 fully saturated rings. The summed E-state index contributed by atoms with van der Waals surface area (Å²) in [5.41, 5.74) is 0. The molecular formula is C9H19N. The zero-order chi connectivity index (χ0) is 7.23. The van der Waals surface area contributed by atoms with Crippen molar-refractivity contribution in [2.75, 3.05) is 6.54 Å². The normalized spacial score (nSPS) is 26.7. The lowest BCUT2D eigenvalue weighted by atomic mass is 10.0. The third-order valence-electron chi connectivity index (χ3n) is 2.32. The van der Waals surface area contributed by atoms with E-state index in [1.807, 2.05) is 0 Å². The van der Waals surface area contributed by atoms with Gasteiger partial charge in [-0.05, 0) is 25.8 Å². The number of hydrogen-bond donors (Lipinski definition) is 1. The molecule has 1 unspecified atom stereocenters. The van der Waals surface area contributed by atoms with Gasteiger partial charge in [0.05, 0.1) is 0 Å². The Morgan fingerprint density at radius 1 is 1.40 bits per heavy atom. The average Bonchev–Trinajstić information content (AvgIpc) is 2.03. The summed E-state index contributed by atoms with van der Waals surface area (Å²) in [4.78, 5) is 0. The third-order valence-corrected chi connectivity index (χ3v) is 2.32. The van der Waals surface area contributed by atoms with Crippen molar-refractivity contribution in [3.05, 3.63) is 0 Å². The number of nitrogens with one attached hydrogen (secondary N) is 1. The quantitative estimate of drug-likeness (QED) is 0.636. The van der Waals surface area contributed by atoms with E-state index >= 15 is 0 Å². The molecule has 0 aliphatic carbocycles. The second-order valence-corrected chi connectivity index (χ2v) is 3.29. The molecule has 60 valence electrons. The maximum absolute atomic E-state index is 3.55. The Morgan fingerprint density at radius 3 is 2.90 bits per heavy atom. The molecule has 1 rings (SSSR count). The molecule has 0 aromatic carbocycles. The van der Waals surface area contributed by atoms with E-state index in [1.165, 1.54) is 45.1 Å². The van der Waals surface area contributed by atoms with Gasteiger partial charge in [-0.1, -0.05) is 26.2 Å². The van der Waals surface area contributed by atoms with E-state index in [9.17, 15) is 0 Å². The van der Waals surface area contributed by atoms with Crippen LogP contribution in [-0.4, -0.2) is 12.6 Å². The first-order valence-electron chi connectivity index (χ1n) is 4.67. The van der Waals surface area contributed by atoms with Crippen molar-refractivity contribution in [3.63, 3.8) is 0 Å². The lowest BCUT2D eigenvalue weighted by Crippen LogP contribution is -2.33. The second kappa shape index (κ2) is 4.73. The molecule has 1 atom stereocenters. The van der Waals surface area contributed by atoms with Crippen molar-refractivity contribution in [3.8, 4) is 0 Å². The van der Waals surface area contributed by atoms with Gasteiger partial charge in [-0.3, -0.25) is 0 Å². The van der Waals surface area contributed by atoms with Crippen LogP contribution in [0.3, 0.4) is 0 Å². The van der Waals surface area contributed by atoms with Gasteiger partial charge >= 0.3 is 0 Å². The van der Waals surface area contributed by atoms with Crippen molar-refractivity contribution >= 4 is 0 Å². The predicted molar refractivity (Wildman–Crippen MR) is 45.2 cm³/mol. The van der Waals surface area contributed by atoms with Gasteiger partial charge in [0, 0.05) is 6.04 Å². The topological polar surface area (TPSA) is 12.0 Å². The van der Waals surface area contributed by atoms with Gasteiger partial charge < -0.3 is 5.32 Å². The van der Waals surface area contributed by atoms with E-state index in [-0.39, 0.29) is 0 Å². The Morgan fingerprint density at radius 2 is 2.30 bits per heavy atom. The highest BCUT2D eigenvalue weighted by molar-refractivity contribution is 4.71. The summed E-state index contributed by atoms with van der Waals surface area (Å²) >= 11 is 0. The Balaban J connectivity index is 2.02. The smallest absolute Gasteiger partial charge is 0.00670 e. The molecule has 0 bridgehead atoms. The number of unbranched alkanes of at least 4 members (excludes halogenated alkanes) is 1. The van der Waals surface area contributed by atoms with Crippen molar-refractivity contribution in [2.24, 2.45) is 0 Å². The molecule has 1 heterocycles. The van der Waals surface area contributed by atoms with Crippen molar-refractivity contribution in [1.82, 2.24) is 5.32 Å². The van der Waals surface area contributed by atoms with Crippen LogP contribution < -0.4 is 5.32 Å². The Bertz CT molecular complexity index is 74.8. The molecular weight excluding hydrogens is 122 g/mol. The van der Waals surface area contributed by atoms with Crippen LogP contribution in [0.2, 0.25) is 0 Å². The number of rotatable bonds is 3. The molecule has 1 aliphatic rings. The van der Waals surface area contributed by atoms with Crippen LogP contribution in [0, 0.1) is 0 Å². The molecule has 0 amide bonds. The molecule has 1 aliphatic heterocycles. The minimum Gasteiger partial charge on any atom is -0.314 e. The fourth-order valence-electron chi connectivity index (χ4n) is 1.62. The average molecular weight is 141 g/mol. The van der Waals surface area contributed by atoms with Crippen molar-refractivity contribution in [2.45, 2.75) is 51.5 Å². The lowest BCUT2D eigenvalue weighted by molar-refractivity contribution is 0.374. The largest absolute Gasteiger partial charge is 0.314 e. The first-order chi connectivity index (χ1) is 4.93. The van der Waals surface area contributed by atoms with Crippen molar-refractivity contribution < 1.29 is 0 Å². The summed E-state index contributed by atoms with van der Waals surface area (Å²) in [5.74, 6) is 0. The van der Waals surface area contributed by atoms with Crippen LogP contribution in [0.15, 0.2) is 0 Å². The van der Waals surface area contributed by atoms with Crippen LogP contribution in [0.25, 0.3) is 0 Å². The molecule has 1 nitrogen and oxygen atoms in total. The Kier molecular flexibility index (Phi) is 3.81. The molecule has 1 heteroatoms. The maximum atomic E-state index is 3.55. The van der Waals surface area contributed by atoms with Gasteiger partial charge in [0.2, 0.25) is 0 Å². The van der Waals surface area contributed by atoms with Gasteiger partial charge in [-0.15, -0.1) is 0 Å². The highest BCUT2D eigenvalue weighted by atomic mass is 14.9. The standard InChI is InChI=1S/C9H19N/c1-2-3-6-9-7-4-5-8-10-9/h9-10H,2-8H2,1H3. The zero-order valence-electron chi connectivity index (χ0n) is 7.03. The second-order valence-electron chi connectivity index (χ2n) is 3.29. The highest BCUT2D eigenvalue weighted by Crippen LogP contribution is 2.12. The number of hydrogen-bond acceptors (Lipinski definition) is 1. The molecule has 1 N–H and O–H groups in total. The van der Waals surface area contributed by atoms with Crippen LogP contribution in [0.4, 0.5) is 0 Å². The summed E-state index contributed by atoms with van der Waals surface area (Å²) in [6.07, 6.45) is 8.40. The van der Waals surface area contributed by atoms with E-state index in [0.717, 1.165) is 6.04 Å². The summed E-state index contributed by atoms with van der Waals surface area (Å²) in [5, 5.41) is 3.55. The van der Waals surface area contributed by atoms with Crippen LogP contribution in [0.1, 0.15) is 45.4 Å². The molecule has 1 saturated heterocycles. The Hall–Kier alpha value is -0.0400. The SMILES string of the molecule is CCCCC1CCCCN1. The van der Waals surface area contributed by atoms with Gasteiger partial charge in [-0.25, -0.2) is 0 Å². The van der Waals surface area contributed by atoms with E-state index < -0.39 is 0 Å². The third kappa shape index (κ3) is 2.70. The minimum atomic E-state index is 0.855. The van der Waals surface area contributed by atoms with E-state index in [0.29, 0.717) is 0 Å². The first-order valence-corrected chi connectivity index (χ1v) is 4.67. The predicted octanol–water partition coefficient (Wildman–Crippen LogP) is 2.32. The highest BCUT2D eigenvalue weighted by Gasteiger charge is 2.10. The molecule has 0 aromatic heterocycles. The monoisotopic (exact) mass is 141 g/mol. The van der Waals surface area contributed by atoms with Gasteiger partial charge in [-0.2, -0.15) is 0 Å². The lowest BCUT2D eigenvalue weighted by Gasteiger charge is -2.22. The fraction of sp³-hybridized carbons (Fsp3) is 1.00. The molecule has 0 radical (unpaired) electrons. The van der Waals surface area contributed by atoms with Crippen LogP contribution in [0.5, 0.6) is 0 Å². The number of piperidine rings is 1. The van der Waals surface area contributed by atoms with Gasteiger partial charge in [0.1, 0.15) is 0 Å². The van der Waals surface area contributed by atoms with Crippen LogP contribution >= 0.6 is 0 Å². The van der Waals surface area contributed by atoms with E-state index in [1.54, 1.807) is 0 Å². The maximum Gasteiger partial charge on any atom is 0.00670 e. The fourth-order valence-corrected chi connectivity index (χ4v) is 1.62. The van der Waals surface area contributed by atoms with E-state index in [4.69, 9.17) is 0 Å². The van der Waals surface area contributed by atoms with Gasteiger partial charge in [0.15, 0.2) is 0 Å². The summed E-state index contributed by atoms with van der Waals surface area (Å²) in [6, 6.07) is 0.855. The first kappa shape index (κ1) is 8.06. The Labute approximate surface area is 64.2 Å².